The third kappa shape index (κ3) is 4.51. The van der Waals surface area contributed by atoms with Crippen LogP contribution in [0.4, 0.5) is 0 Å². The Kier molecular flexibility index (Phi) is 5.39. The summed E-state index contributed by atoms with van der Waals surface area (Å²) in [6, 6.07) is 12.0. The van der Waals surface area contributed by atoms with Gasteiger partial charge in [-0.2, -0.15) is 0 Å². The second kappa shape index (κ2) is 7.27. The molecule has 0 saturated carbocycles. The van der Waals surface area contributed by atoms with E-state index in [9.17, 15) is 0 Å². The largest absolute Gasteiger partial charge is 0.473 e. The highest BCUT2D eigenvalue weighted by atomic mass is 35.5. The molecule has 0 bridgehead atoms. The fourth-order valence-corrected chi connectivity index (χ4v) is 1.92. The van der Waals surface area contributed by atoms with Crippen LogP contribution in [0.5, 0.6) is 5.88 Å². The highest BCUT2D eigenvalue weighted by Gasteiger charge is 2.03. The van der Waals surface area contributed by atoms with Gasteiger partial charge in [0.1, 0.15) is 6.61 Å². The summed E-state index contributed by atoms with van der Waals surface area (Å²) in [5, 5.41) is 4.08. The molecule has 4 heteroatoms. The highest BCUT2D eigenvalue weighted by Crippen LogP contribution is 2.17. The van der Waals surface area contributed by atoms with Crippen LogP contribution in [0.15, 0.2) is 42.6 Å². The molecule has 1 N–H and O–H groups in total. The minimum atomic E-state index is 0.424. The van der Waals surface area contributed by atoms with Gasteiger partial charge in [-0.3, -0.25) is 0 Å². The van der Waals surface area contributed by atoms with Crippen molar-refractivity contribution in [3.05, 3.63) is 58.7 Å². The number of ether oxygens (including phenoxy) is 1. The lowest BCUT2D eigenvalue weighted by Crippen LogP contribution is -2.21. The molecule has 1 aromatic carbocycles. The van der Waals surface area contributed by atoms with E-state index in [2.05, 4.69) is 24.1 Å². The molecule has 1 aromatic heterocycles. The Morgan fingerprint density at radius 3 is 2.80 bits per heavy atom. The monoisotopic (exact) mass is 290 g/mol. The molecule has 2 aromatic rings. The number of halogens is 1. The van der Waals surface area contributed by atoms with Gasteiger partial charge in [-0.25, -0.2) is 4.98 Å². The van der Waals surface area contributed by atoms with E-state index in [1.165, 1.54) is 0 Å². The average molecular weight is 291 g/mol. The molecule has 0 radical (unpaired) electrons. The first-order valence-electron chi connectivity index (χ1n) is 6.69. The van der Waals surface area contributed by atoms with Crippen LogP contribution in [0.3, 0.4) is 0 Å². The molecule has 3 nitrogen and oxygen atoms in total. The van der Waals surface area contributed by atoms with E-state index in [1.807, 2.05) is 36.4 Å². The highest BCUT2D eigenvalue weighted by molar-refractivity contribution is 6.31. The molecule has 0 saturated heterocycles. The van der Waals surface area contributed by atoms with E-state index in [1.54, 1.807) is 6.20 Å². The molecular formula is C16H19ClN2O. The quantitative estimate of drug-likeness (QED) is 0.878. The molecule has 1 heterocycles. The zero-order valence-electron chi connectivity index (χ0n) is 11.8. The van der Waals surface area contributed by atoms with E-state index in [0.29, 0.717) is 23.6 Å². The maximum Gasteiger partial charge on any atom is 0.213 e. The van der Waals surface area contributed by atoms with Gasteiger partial charge >= 0.3 is 0 Å². The Bertz CT molecular complexity index is 558. The molecule has 2 rings (SSSR count). The van der Waals surface area contributed by atoms with Crippen LogP contribution < -0.4 is 10.1 Å². The minimum absolute atomic E-state index is 0.424. The fraction of sp³-hybridized carbons (Fsp3) is 0.312. The summed E-state index contributed by atoms with van der Waals surface area (Å²) in [6.45, 7) is 5.47. The molecule has 0 fully saturated rings. The van der Waals surface area contributed by atoms with Crippen molar-refractivity contribution in [2.45, 2.75) is 33.0 Å². The van der Waals surface area contributed by atoms with Gasteiger partial charge in [-0.15, -0.1) is 0 Å². The van der Waals surface area contributed by atoms with E-state index >= 15 is 0 Å². The molecule has 0 aliphatic heterocycles. The molecule has 0 aliphatic rings. The van der Waals surface area contributed by atoms with Crippen molar-refractivity contribution in [1.82, 2.24) is 10.3 Å². The number of aromatic nitrogens is 1. The lowest BCUT2D eigenvalue weighted by Gasteiger charge is -2.10. The van der Waals surface area contributed by atoms with Gasteiger partial charge in [0.2, 0.25) is 5.88 Å². The zero-order valence-corrected chi connectivity index (χ0v) is 12.5. The van der Waals surface area contributed by atoms with Gasteiger partial charge in [-0.05, 0) is 17.7 Å². The molecule has 20 heavy (non-hydrogen) atoms. The predicted molar refractivity (Wildman–Crippen MR) is 82.0 cm³/mol. The topological polar surface area (TPSA) is 34.2 Å². The first kappa shape index (κ1) is 14.8. The molecule has 0 atom stereocenters. The second-order valence-corrected chi connectivity index (χ2v) is 5.33. The van der Waals surface area contributed by atoms with Crippen molar-refractivity contribution in [3.8, 4) is 5.88 Å². The lowest BCUT2D eigenvalue weighted by molar-refractivity contribution is 0.293. The second-order valence-electron chi connectivity index (χ2n) is 4.92. The molecule has 0 amide bonds. The predicted octanol–water partition coefficient (Wildman–Crippen LogP) is 3.81. The molecular weight excluding hydrogens is 272 g/mol. The number of pyridine rings is 1. The maximum absolute atomic E-state index is 6.10. The fourth-order valence-electron chi connectivity index (χ4n) is 1.73. The summed E-state index contributed by atoms with van der Waals surface area (Å²) < 4.78 is 5.70. The van der Waals surface area contributed by atoms with Crippen LogP contribution in [0, 0.1) is 0 Å². The van der Waals surface area contributed by atoms with Crippen LogP contribution in [0.1, 0.15) is 25.0 Å². The van der Waals surface area contributed by atoms with E-state index < -0.39 is 0 Å². The van der Waals surface area contributed by atoms with E-state index in [0.717, 1.165) is 17.7 Å². The van der Waals surface area contributed by atoms with Crippen LogP contribution in [-0.2, 0) is 13.2 Å². The molecule has 0 spiro atoms. The summed E-state index contributed by atoms with van der Waals surface area (Å²) in [7, 11) is 0. The third-order valence-electron chi connectivity index (χ3n) is 2.85. The molecule has 106 valence electrons. The summed E-state index contributed by atoms with van der Waals surface area (Å²) in [4.78, 5) is 4.22. The number of benzene rings is 1. The molecule has 0 unspecified atom stereocenters. The average Bonchev–Trinajstić information content (AvgIpc) is 2.45. The SMILES string of the molecule is CC(C)NCc1ccnc(OCc2ccccc2Cl)c1. The number of rotatable bonds is 6. The Hall–Kier alpha value is -1.58. The molecule has 0 aliphatic carbocycles. The van der Waals surface area contributed by atoms with E-state index in [-0.39, 0.29) is 0 Å². The van der Waals surface area contributed by atoms with Crippen LogP contribution in [0.2, 0.25) is 5.02 Å². The van der Waals surface area contributed by atoms with Crippen molar-refractivity contribution >= 4 is 11.6 Å². The van der Waals surface area contributed by atoms with Crippen molar-refractivity contribution in [2.75, 3.05) is 0 Å². The van der Waals surface area contributed by atoms with Gasteiger partial charge in [0, 0.05) is 35.4 Å². The Morgan fingerprint density at radius 1 is 1.25 bits per heavy atom. The smallest absolute Gasteiger partial charge is 0.213 e. The van der Waals surface area contributed by atoms with Crippen LogP contribution in [0.25, 0.3) is 0 Å². The van der Waals surface area contributed by atoms with Crippen molar-refractivity contribution in [3.63, 3.8) is 0 Å². The van der Waals surface area contributed by atoms with Crippen LogP contribution in [-0.4, -0.2) is 11.0 Å². The number of hydrogen-bond donors (Lipinski definition) is 1. The minimum Gasteiger partial charge on any atom is -0.473 e. The summed E-state index contributed by atoms with van der Waals surface area (Å²) in [5.74, 6) is 0.618. The number of nitrogens with zero attached hydrogens (tertiary/aromatic N) is 1. The van der Waals surface area contributed by atoms with E-state index in [4.69, 9.17) is 16.3 Å². The van der Waals surface area contributed by atoms with Gasteiger partial charge in [0.25, 0.3) is 0 Å². The van der Waals surface area contributed by atoms with Gasteiger partial charge < -0.3 is 10.1 Å². The summed E-state index contributed by atoms with van der Waals surface area (Å²) in [6.07, 6.45) is 1.76. The lowest BCUT2D eigenvalue weighted by atomic mass is 10.2. The van der Waals surface area contributed by atoms with Gasteiger partial charge in [-0.1, -0.05) is 43.6 Å². The Morgan fingerprint density at radius 2 is 2.05 bits per heavy atom. The van der Waals surface area contributed by atoms with Crippen LogP contribution >= 0.6 is 11.6 Å². The zero-order chi connectivity index (χ0) is 14.4. The Labute approximate surface area is 124 Å². The first-order valence-corrected chi connectivity index (χ1v) is 7.07. The first-order chi connectivity index (χ1) is 9.65. The number of hydrogen-bond acceptors (Lipinski definition) is 3. The normalized spacial score (nSPS) is 10.8. The van der Waals surface area contributed by atoms with Crippen molar-refractivity contribution < 1.29 is 4.74 Å². The third-order valence-corrected chi connectivity index (χ3v) is 3.22. The Balaban J connectivity index is 1.96. The maximum atomic E-state index is 6.10. The van der Waals surface area contributed by atoms with Gasteiger partial charge in [0.05, 0.1) is 0 Å². The summed E-state index contributed by atoms with van der Waals surface area (Å²) >= 11 is 6.10. The van der Waals surface area contributed by atoms with Gasteiger partial charge in [0.15, 0.2) is 0 Å². The van der Waals surface area contributed by atoms with Crippen molar-refractivity contribution in [2.24, 2.45) is 0 Å². The van der Waals surface area contributed by atoms with Crippen molar-refractivity contribution in [1.29, 1.82) is 0 Å². The number of nitrogens with one attached hydrogen (secondary N) is 1. The standard InChI is InChI=1S/C16H19ClN2O/c1-12(2)19-10-13-7-8-18-16(9-13)20-11-14-5-3-4-6-15(14)17/h3-9,12,19H,10-11H2,1-2H3. The summed E-state index contributed by atoms with van der Waals surface area (Å²) in [5.41, 5.74) is 2.12.